The van der Waals surface area contributed by atoms with Crippen LogP contribution in [-0.4, -0.2) is 18.2 Å². The molecule has 17 heavy (non-hydrogen) atoms. The number of ether oxygens (including phenoxy) is 1. The lowest BCUT2D eigenvalue weighted by molar-refractivity contribution is 0.0597. The van der Waals surface area contributed by atoms with E-state index >= 15 is 0 Å². The average molecular weight is 315 g/mol. The second kappa shape index (κ2) is 4.46. The quantitative estimate of drug-likeness (QED) is 0.821. The van der Waals surface area contributed by atoms with Gasteiger partial charge < -0.3 is 9.84 Å². The highest BCUT2D eigenvalue weighted by molar-refractivity contribution is 9.10. The normalized spacial score (nSPS) is 10.5. The van der Waals surface area contributed by atoms with E-state index in [1.807, 2.05) is 0 Å². The summed E-state index contributed by atoms with van der Waals surface area (Å²) in [6.45, 7) is 0. The van der Waals surface area contributed by atoms with Crippen LogP contribution in [-0.2, 0) is 4.74 Å². The molecule has 2 rings (SSSR count). The van der Waals surface area contributed by atoms with Gasteiger partial charge in [-0.3, -0.25) is 4.79 Å². The van der Waals surface area contributed by atoms with Crippen molar-refractivity contribution in [3.8, 4) is 5.06 Å². The summed E-state index contributed by atoms with van der Waals surface area (Å²) in [5, 5.41) is 9.72. The number of hydrogen-bond donors (Lipinski definition) is 1. The summed E-state index contributed by atoms with van der Waals surface area (Å²) in [6, 6.07) is 5.07. The van der Waals surface area contributed by atoms with Crippen LogP contribution < -0.4 is 5.43 Å². The lowest BCUT2D eigenvalue weighted by atomic mass is 10.2. The summed E-state index contributed by atoms with van der Waals surface area (Å²) in [6.07, 6.45) is 0. The van der Waals surface area contributed by atoms with Crippen LogP contribution >= 0.6 is 27.3 Å². The van der Waals surface area contributed by atoms with Crippen molar-refractivity contribution < 1.29 is 14.6 Å². The number of aromatic hydroxyl groups is 1. The first-order valence-corrected chi connectivity index (χ1v) is 6.19. The molecule has 0 unspecified atom stereocenters. The first kappa shape index (κ1) is 12.1. The highest BCUT2D eigenvalue weighted by atomic mass is 79.9. The molecule has 1 aromatic carbocycles. The third-order valence-electron chi connectivity index (χ3n) is 2.22. The van der Waals surface area contributed by atoms with Crippen LogP contribution in [0.2, 0.25) is 0 Å². The second-order valence-electron chi connectivity index (χ2n) is 3.24. The molecule has 6 heteroatoms. The summed E-state index contributed by atoms with van der Waals surface area (Å²) < 4.78 is 5.82. The third-order valence-corrected chi connectivity index (χ3v) is 3.69. The average Bonchev–Trinajstić information content (AvgIpc) is 2.30. The van der Waals surface area contributed by atoms with Crippen molar-refractivity contribution >= 4 is 43.3 Å². The summed E-state index contributed by atoms with van der Waals surface area (Å²) in [5.74, 6) is -0.828. The van der Waals surface area contributed by atoms with Crippen LogP contribution in [0.25, 0.3) is 10.1 Å². The zero-order valence-electron chi connectivity index (χ0n) is 8.69. The van der Waals surface area contributed by atoms with Crippen molar-refractivity contribution in [1.29, 1.82) is 0 Å². The molecule has 0 fully saturated rings. The fourth-order valence-corrected chi connectivity index (χ4v) is 2.68. The molecule has 0 bridgehead atoms. The van der Waals surface area contributed by atoms with Crippen LogP contribution in [0.3, 0.4) is 0 Å². The Labute approximate surface area is 109 Å². The van der Waals surface area contributed by atoms with E-state index in [1.165, 1.54) is 0 Å². The fraction of sp³-hybridized carbons (Fsp3) is 0.0909. The molecule has 1 aromatic heterocycles. The minimum absolute atomic E-state index is 0.317. The maximum atomic E-state index is 12.0. The van der Waals surface area contributed by atoms with Gasteiger partial charge in [0.2, 0.25) is 5.43 Å². The van der Waals surface area contributed by atoms with Crippen molar-refractivity contribution in [3.05, 3.63) is 38.5 Å². The largest absolute Gasteiger partial charge is 0.499 e. The van der Waals surface area contributed by atoms with Crippen LogP contribution in [0.4, 0.5) is 0 Å². The van der Waals surface area contributed by atoms with E-state index in [4.69, 9.17) is 0 Å². The Morgan fingerprint density at radius 1 is 1.47 bits per heavy atom. The molecule has 0 spiro atoms. The Morgan fingerprint density at radius 2 is 2.18 bits per heavy atom. The fourth-order valence-electron chi connectivity index (χ4n) is 1.44. The number of rotatable bonds is 1. The Hall–Kier alpha value is -1.40. The monoisotopic (exact) mass is 314 g/mol. The Balaban J connectivity index is 2.87. The highest BCUT2D eigenvalue weighted by Crippen LogP contribution is 2.29. The highest BCUT2D eigenvalue weighted by Gasteiger charge is 2.19. The number of benzene rings is 1. The first-order valence-electron chi connectivity index (χ1n) is 4.58. The number of carbonyl (C=O) groups is 1. The molecule has 1 heterocycles. The van der Waals surface area contributed by atoms with Crippen molar-refractivity contribution in [2.45, 2.75) is 0 Å². The van der Waals surface area contributed by atoms with Crippen molar-refractivity contribution in [3.63, 3.8) is 0 Å². The number of halogens is 1. The van der Waals surface area contributed by atoms with E-state index in [9.17, 15) is 14.7 Å². The van der Waals surface area contributed by atoms with Crippen LogP contribution in [0, 0.1) is 0 Å². The molecule has 0 aliphatic heterocycles. The Bertz CT molecular complexity index is 662. The van der Waals surface area contributed by atoms with Crippen LogP contribution in [0.1, 0.15) is 10.4 Å². The molecule has 0 aliphatic carbocycles. The van der Waals surface area contributed by atoms with Crippen LogP contribution in [0.5, 0.6) is 5.06 Å². The van der Waals surface area contributed by atoms with Gasteiger partial charge in [0, 0.05) is 14.6 Å². The van der Waals surface area contributed by atoms with Gasteiger partial charge in [-0.05, 0) is 18.2 Å². The minimum Gasteiger partial charge on any atom is -0.499 e. The zero-order valence-corrected chi connectivity index (χ0v) is 11.1. The van der Waals surface area contributed by atoms with Crippen molar-refractivity contribution in [1.82, 2.24) is 0 Å². The van der Waals surface area contributed by atoms with E-state index in [2.05, 4.69) is 20.7 Å². The molecule has 0 saturated carbocycles. The van der Waals surface area contributed by atoms with Gasteiger partial charge >= 0.3 is 5.97 Å². The lowest BCUT2D eigenvalue weighted by Gasteiger charge is -2.03. The van der Waals surface area contributed by atoms with E-state index < -0.39 is 11.4 Å². The SMILES string of the molecule is COC(=O)c1c(O)sc2ccc(Br)cc2c1=O. The van der Waals surface area contributed by atoms with Crippen LogP contribution in [0.15, 0.2) is 27.5 Å². The van der Waals surface area contributed by atoms with Crippen molar-refractivity contribution in [2.75, 3.05) is 7.11 Å². The molecule has 1 N–H and O–H groups in total. The topological polar surface area (TPSA) is 63.6 Å². The lowest BCUT2D eigenvalue weighted by Crippen LogP contribution is -2.15. The summed E-state index contributed by atoms with van der Waals surface area (Å²) in [4.78, 5) is 23.4. The molecule has 0 saturated heterocycles. The maximum absolute atomic E-state index is 12.0. The zero-order chi connectivity index (χ0) is 12.6. The van der Waals surface area contributed by atoms with Gasteiger partial charge in [-0.25, -0.2) is 4.79 Å². The molecular weight excluding hydrogens is 308 g/mol. The van der Waals surface area contributed by atoms with E-state index in [0.29, 0.717) is 10.1 Å². The summed E-state index contributed by atoms with van der Waals surface area (Å²) in [7, 11) is 1.16. The molecule has 0 atom stereocenters. The second-order valence-corrected chi connectivity index (χ2v) is 5.19. The Kier molecular flexibility index (Phi) is 3.17. The van der Waals surface area contributed by atoms with E-state index in [-0.39, 0.29) is 10.6 Å². The van der Waals surface area contributed by atoms with Gasteiger partial charge in [-0.1, -0.05) is 27.3 Å². The molecule has 4 nitrogen and oxygen atoms in total. The van der Waals surface area contributed by atoms with E-state index in [0.717, 1.165) is 22.9 Å². The molecule has 88 valence electrons. The van der Waals surface area contributed by atoms with E-state index in [1.54, 1.807) is 18.2 Å². The minimum atomic E-state index is -0.828. The molecular formula is C11H7BrO4S. The molecule has 0 amide bonds. The number of methoxy groups -OCH3 is 1. The number of fused-ring (bicyclic) bond motifs is 1. The number of carbonyl (C=O) groups excluding carboxylic acids is 1. The maximum Gasteiger partial charge on any atom is 0.346 e. The standard InChI is InChI=1S/C11H7BrO4S/c1-16-10(14)8-9(13)6-4-5(12)2-3-7(6)17-11(8)15/h2-4,15H,1H3. The number of esters is 1. The van der Waals surface area contributed by atoms with Gasteiger partial charge in [0.15, 0.2) is 10.6 Å². The van der Waals surface area contributed by atoms with Gasteiger partial charge in [-0.2, -0.15) is 0 Å². The van der Waals surface area contributed by atoms with Gasteiger partial charge in [0.05, 0.1) is 7.11 Å². The Morgan fingerprint density at radius 3 is 2.82 bits per heavy atom. The van der Waals surface area contributed by atoms with Crippen molar-refractivity contribution in [2.24, 2.45) is 0 Å². The molecule has 0 radical (unpaired) electrons. The first-order chi connectivity index (χ1) is 8.04. The molecule has 0 aliphatic rings. The van der Waals surface area contributed by atoms with Gasteiger partial charge in [-0.15, -0.1) is 0 Å². The predicted octanol–water partition coefficient (Wildman–Crippen LogP) is 2.52. The van der Waals surface area contributed by atoms with Gasteiger partial charge in [0.1, 0.15) is 0 Å². The summed E-state index contributed by atoms with van der Waals surface area (Å²) in [5.41, 5.74) is -0.840. The molecule has 2 aromatic rings. The number of hydrogen-bond acceptors (Lipinski definition) is 5. The summed E-state index contributed by atoms with van der Waals surface area (Å²) >= 11 is 4.22. The third kappa shape index (κ3) is 2.05. The predicted molar refractivity (Wildman–Crippen MR) is 68.8 cm³/mol. The van der Waals surface area contributed by atoms with Gasteiger partial charge in [0.25, 0.3) is 0 Å². The smallest absolute Gasteiger partial charge is 0.346 e.